The summed E-state index contributed by atoms with van der Waals surface area (Å²) >= 11 is 0. The molecule has 3 heteroatoms. The molecule has 0 radical (unpaired) electrons. The fourth-order valence-electron chi connectivity index (χ4n) is 9.69. The quantitative estimate of drug-likeness (QED) is 0.125. The van der Waals surface area contributed by atoms with Gasteiger partial charge >= 0.3 is 0 Å². The molecule has 0 saturated heterocycles. The summed E-state index contributed by atoms with van der Waals surface area (Å²) in [6, 6.07) is 63.8. The number of hydrogen-bond donors (Lipinski definition) is 0. The molecule has 0 spiro atoms. The summed E-state index contributed by atoms with van der Waals surface area (Å²) in [4.78, 5) is 15.4. The van der Waals surface area contributed by atoms with Crippen molar-refractivity contribution in [3.05, 3.63) is 200 Å². The molecule has 10 aromatic rings. The molecule has 0 N–H and O–H groups in total. The van der Waals surface area contributed by atoms with Gasteiger partial charge in [0.2, 0.25) is 0 Å². The molecule has 282 valence electrons. The molecule has 1 saturated carbocycles. The van der Waals surface area contributed by atoms with Crippen LogP contribution in [0.15, 0.2) is 188 Å². The zero-order chi connectivity index (χ0) is 39.1. The van der Waals surface area contributed by atoms with Crippen molar-refractivity contribution in [3.63, 3.8) is 0 Å². The molecule has 0 bridgehead atoms. The molecule has 11 rings (SSSR count). The predicted molar refractivity (Wildman–Crippen MR) is 247 cm³/mol. The average Bonchev–Trinajstić information content (AvgIpc) is 3.58. The Morgan fingerprint density at radius 3 is 1.61 bits per heavy atom. The number of rotatable bonds is 6. The summed E-state index contributed by atoms with van der Waals surface area (Å²) in [7, 11) is 0. The van der Waals surface area contributed by atoms with Gasteiger partial charge in [0.1, 0.15) is 0 Å². The summed E-state index contributed by atoms with van der Waals surface area (Å²) in [5.41, 5.74) is 10.4. The normalized spacial score (nSPS) is 15.8. The maximum absolute atomic E-state index is 5.43. The lowest BCUT2D eigenvalue weighted by Gasteiger charge is -2.22. The minimum atomic E-state index is 0.313. The highest BCUT2D eigenvalue weighted by Gasteiger charge is 2.26. The lowest BCUT2D eigenvalue weighted by atomic mass is 9.84. The van der Waals surface area contributed by atoms with Crippen molar-refractivity contribution < 1.29 is 0 Å². The molecule has 1 fully saturated rings. The first kappa shape index (κ1) is 35.2. The van der Waals surface area contributed by atoms with E-state index >= 15 is 0 Å². The Hall–Kier alpha value is -6.97. The van der Waals surface area contributed by atoms with E-state index in [4.69, 9.17) is 15.0 Å². The number of aromatic nitrogens is 3. The zero-order valence-electron chi connectivity index (χ0n) is 32.9. The number of nitrogens with zero attached hydrogens (tertiary/aromatic N) is 3. The van der Waals surface area contributed by atoms with Gasteiger partial charge in [0.15, 0.2) is 5.82 Å². The van der Waals surface area contributed by atoms with Gasteiger partial charge in [-0.05, 0) is 103 Å². The van der Waals surface area contributed by atoms with Crippen LogP contribution in [0, 0.1) is 0 Å². The van der Waals surface area contributed by atoms with Crippen molar-refractivity contribution in [2.24, 2.45) is 0 Å². The molecular formula is C56H43N3. The highest BCUT2D eigenvalue weighted by molar-refractivity contribution is 6.25. The lowest BCUT2D eigenvalue weighted by Crippen LogP contribution is -2.08. The van der Waals surface area contributed by atoms with E-state index in [0.29, 0.717) is 11.8 Å². The van der Waals surface area contributed by atoms with Crippen molar-refractivity contribution in [3.8, 4) is 44.9 Å². The molecule has 2 heterocycles. The van der Waals surface area contributed by atoms with Crippen LogP contribution in [0.4, 0.5) is 0 Å². The van der Waals surface area contributed by atoms with E-state index in [1.54, 1.807) is 0 Å². The monoisotopic (exact) mass is 757 g/mol. The van der Waals surface area contributed by atoms with E-state index in [0.717, 1.165) is 41.2 Å². The smallest absolute Gasteiger partial charge is 0.160 e. The summed E-state index contributed by atoms with van der Waals surface area (Å²) < 4.78 is 0. The Balaban J connectivity index is 0.981. The summed E-state index contributed by atoms with van der Waals surface area (Å²) in [6.07, 6.45) is 9.83. The van der Waals surface area contributed by atoms with Crippen LogP contribution >= 0.6 is 0 Å². The second kappa shape index (κ2) is 15.1. The zero-order valence-corrected chi connectivity index (χ0v) is 32.9. The molecule has 2 unspecified atom stereocenters. The van der Waals surface area contributed by atoms with Crippen LogP contribution in [0.3, 0.4) is 0 Å². The van der Waals surface area contributed by atoms with Crippen molar-refractivity contribution in [1.82, 2.24) is 15.0 Å². The fourth-order valence-corrected chi connectivity index (χ4v) is 9.69. The molecule has 2 aromatic heterocycles. The molecule has 8 aromatic carbocycles. The van der Waals surface area contributed by atoms with Gasteiger partial charge < -0.3 is 0 Å². The van der Waals surface area contributed by atoms with E-state index in [2.05, 4.69) is 182 Å². The Labute approximate surface area is 345 Å². The van der Waals surface area contributed by atoms with E-state index in [1.165, 1.54) is 90.2 Å². The van der Waals surface area contributed by atoms with E-state index in [9.17, 15) is 0 Å². The maximum atomic E-state index is 5.43. The minimum absolute atomic E-state index is 0.313. The Morgan fingerprint density at radius 1 is 0.373 bits per heavy atom. The molecule has 1 aliphatic rings. The van der Waals surface area contributed by atoms with Gasteiger partial charge in [-0.3, -0.25) is 4.98 Å². The van der Waals surface area contributed by atoms with Gasteiger partial charge in [-0.15, -0.1) is 0 Å². The van der Waals surface area contributed by atoms with Gasteiger partial charge in [0, 0.05) is 40.5 Å². The first-order chi connectivity index (χ1) is 29.2. The third kappa shape index (κ3) is 6.63. The van der Waals surface area contributed by atoms with Gasteiger partial charge in [-0.25, -0.2) is 9.97 Å². The Bertz CT molecular complexity index is 3090. The number of fused-ring (bicyclic) bond motifs is 7. The van der Waals surface area contributed by atoms with E-state index < -0.39 is 0 Å². The predicted octanol–water partition coefficient (Wildman–Crippen LogP) is 15.0. The van der Waals surface area contributed by atoms with Crippen LogP contribution in [-0.4, -0.2) is 15.0 Å². The highest BCUT2D eigenvalue weighted by atomic mass is 14.9. The average molecular weight is 758 g/mol. The third-order valence-electron chi connectivity index (χ3n) is 12.7. The lowest BCUT2D eigenvalue weighted by molar-refractivity contribution is 0.532. The second-order valence-corrected chi connectivity index (χ2v) is 16.2. The summed E-state index contributed by atoms with van der Waals surface area (Å²) in [5.74, 6) is 1.51. The van der Waals surface area contributed by atoms with Gasteiger partial charge in [0.05, 0.1) is 5.69 Å². The van der Waals surface area contributed by atoms with Crippen molar-refractivity contribution >= 4 is 43.1 Å². The van der Waals surface area contributed by atoms with E-state index in [1.807, 2.05) is 6.20 Å². The largest absolute Gasteiger partial charge is 0.264 e. The standard InChI is InChI=1S/C56H43N3/c1-2-12-37(13-3-1)38-22-26-40(27-23-38)54-34-55(44-15-5-4-14-43(32-44)53-36-57-35-45-16-6-7-17-46(45)53)59-56(58-54)41-28-24-39(25-29-41)42-30-31-51-49-20-9-8-18-47(49)48-19-10-11-21-50(48)52(51)33-42/h1-3,6-13,16-31,33-36,43-44H,4-5,14-15,32H2. The van der Waals surface area contributed by atoms with Crippen LogP contribution < -0.4 is 0 Å². The van der Waals surface area contributed by atoms with Crippen molar-refractivity contribution in [2.45, 2.75) is 43.9 Å². The number of hydrogen-bond acceptors (Lipinski definition) is 3. The first-order valence-corrected chi connectivity index (χ1v) is 21.0. The highest BCUT2D eigenvalue weighted by Crippen LogP contribution is 2.43. The number of benzene rings is 8. The summed E-state index contributed by atoms with van der Waals surface area (Å²) in [6.45, 7) is 0. The molecule has 0 amide bonds. The van der Waals surface area contributed by atoms with Crippen LogP contribution in [0.1, 0.15) is 55.2 Å². The molecule has 1 aliphatic carbocycles. The van der Waals surface area contributed by atoms with Crippen LogP contribution in [0.2, 0.25) is 0 Å². The second-order valence-electron chi connectivity index (χ2n) is 16.2. The SMILES string of the molecule is c1ccc(-c2ccc(-c3cc(C4CCCCC(c5cncc6ccccc56)C4)nc(-c4ccc(-c5ccc6c7ccccc7c7ccccc7c6c5)cc4)n3)cc2)cc1. The Morgan fingerprint density at radius 2 is 0.898 bits per heavy atom. The maximum Gasteiger partial charge on any atom is 0.160 e. The third-order valence-corrected chi connectivity index (χ3v) is 12.7. The molecular weight excluding hydrogens is 715 g/mol. The van der Waals surface area contributed by atoms with Crippen LogP contribution in [-0.2, 0) is 0 Å². The first-order valence-electron chi connectivity index (χ1n) is 21.0. The summed E-state index contributed by atoms with van der Waals surface area (Å²) in [5, 5.41) is 10.3. The fraction of sp³-hybridized carbons (Fsp3) is 0.125. The van der Waals surface area contributed by atoms with Crippen LogP contribution in [0.25, 0.3) is 88.0 Å². The molecule has 0 aliphatic heterocycles. The number of pyridine rings is 1. The van der Waals surface area contributed by atoms with Gasteiger partial charge in [-0.1, -0.05) is 177 Å². The van der Waals surface area contributed by atoms with E-state index in [-0.39, 0.29) is 0 Å². The van der Waals surface area contributed by atoms with Crippen molar-refractivity contribution in [1.29, 1.82) is 0 Å². The minimum Gasteiger partial charge on any atom is -0.264 e. The molecule has 2 atom stereocenters. The van der Waals surface area contributed by atoms with Crippen molar-refractivity contribution in [2.75, 3.05) is 0 Å². The topological polar surface area (TPSA) is 38.7 Å². The van der Waals surface area contributed by atoms with Gasteiger partial charge in [0.25, 0.3) is 0 Å². The Kier molecular flexibility index (Phi) is 9.00. The van der Waals surface area contributed by atoms with Crippen LogP contribution in [0.5, 0.6) is 0 Å². The van der Waals surface area contributed by atoms with Gasteiger partial charge in [-0.2, -0.15) is 0 Å². The molecule has 59 heavy (non-hydrogen) atoms. The molecule has 3 nitrogen and oxygen atoms in total.